The largest absolute Gasteiger partial charge is 0.378 e. The summed E-state index contributed by atoms with van der Waals surface area (Å²) >= 11 is 0. The van der Waals surface area contributed by atoms with Crippen LogP contribution in [-0.2, 0) is 21.3 Å². The average Bonchev–Trinajstić information content (AvgIpc) is 2.93. The Kier molecular flexibility index (Phi) is 4.63. The summed E-state index contributed by atoms with van der Waals surface area (Å²) < 4.78 is 32.5. The molecule has 7 heteroatoms. The van der Waals surface area contributed by atoms with Crippen LogP contribution < -0.4 is 10.0 Å². The highest BCUT2D eigenvalue weighted by atomic mass is 32.2. The number of aromatic amines is 1. The maximum Gasteiger partial charge on any atom is 0.242 e. The first-order valence-electron chi connectivity index (χ1n) is 7.65. The normalized spacial score (nSPS) is 22.8. The van der Waals surface area contributed by atoms with Gasteiger partial charge in [0.1, 0.15) is 0 Å². The third kappa shape index (κ3) is 4.29. The van der Waals surface area contributed by atoms with Crippen LogP contribution in [0.3, 0.4) is 0 Å². The van der Waals surface area contributed by atoms with E-state index in [9.17, 15) is 8.42 Å². The molecule has 3 N–H and O–H groups in total. The van der Waals surface area contributed by atoms with Crippen molar-refractivity contribution in [3.63, 3.8) is 0 Å². The second kappa shape index (κ2) is 6.48. The van der Waals surface area contributed by atoms with Gasteiger partial charge >= 0.3 is 0 Å². The summed E-state index contributed by atoms with van der Waals surface area (Å²) in [6, 6.07) is 2.31. The molecule has 0 aromatic carbocycles. The first kappa shape index (κ1) is 15.0. The van der Waals surface area contributed by atoms with E-state index in [-0.39, 0.29) is 6.10 Å². The minimum absolute atomic E-state index is 0.206. The van der Waals surface area contributed by atoms with E-state index in [1.54, 1.807) is 12.3 Å². The van der Waals surface area contributed by atoms with E-state index in [1.165, 1.54) is 12.8 Å². The van der Waals surface area contributed by atoms with Gasteiger partial charge < -0.3 is 15.0 Å². The fourth-order valence-electron chi connectivity index (χ4n) is 2.53. The molecular formula is C14H23N3O3S. The van der Waals surface area contributed by atoms with E-state index < -0.39 is 10.0 Å². The third-order valence-electron chi connectivity index (χ3n) is 3.97. The first-order valence-corrected chi connectivity index (χ1v) is 9.14. The van der Waals surface area contributed by atoms with Gasteiger partial charge in [-0.25, -0.2) is 13.1 Å². The maximum absolute atomic E-state index is 12.2. The molecule has 0 spiro atoms. The van der Waals surface area contributed by atoms with Gasteiger partial charge in [-0.05, 0) is 38.2 Å². The van der Waals surface area contributed by atoms with Gasteiger partial charge in [0.25, 0.3) is 0 Å². The number of sulfonamides is 1. The highest BCUT2D eigenvalue weighted by Gasteiger charge is 2.21. The number of H-pyrrole nitrogens is 1. The molecule has 21 heavy (non-hydrogen) atoms. The minimum atomic E-state index is -3.42. The molecule has 1 saturated carbocycles. The van der Waals surface area contributed by atoms with Gasteiger partial charge in [0, 0.05) is 37.6 Å². The molecule has 1 aromatic heterocycles. The zero-order valence-electron chi connectivity index (χ0n) is 12.1. The molecule has 1 aliphatic heterocycles. The van der Waals surface area contributed by atoms with Crippen LogP contribution in [-0.4, -0.2) is 38.7 Å². The standard InChI is InChI=1S/C14H23N3O3S/c18-21(19,17-6-5-13-2-1-7-20-13)14-8-12(16-10-14)9-15-11-3-4-11/h8,10-11,13,15-17H,1-7,9H2. The van der Waals surface area contributed by atoms with E-state index in [4.69, 9.17) is 4.74 Å². The molecule has 6 nitrogen and oxygen atoms in total. The number of ether oxygens (including phenoxy) is 1. The summed E-state index contributed by atoms with van der Waals surface area (Å²) in [4.78, 5) is 3.33. The lowest BCUT2D eigenvalue weighted by atomic mass is 10.2. The smallest absolute Gasteiger partial charge is 0.242 e. The van der Waals surface area contributed by atoms with Crippen molar-refractivity contribution in [1.29, 1.82) is 0 Å². The minimum Gasteiger partial charge on any atom is -0.378 e. The predicted molar refractivity (Wildman–Crippen MR) is 79.4 cm³/mol. The number of hydrogen-bond acceptors (Lipinski definition) is 4. The molecule has 1 unspecified atom stereocenters. The Morgan fingerprint density at radius 2 is 2.19 bits per heavy atom. The molecule has 2 heterocycles. The van der Waals surface area contributed by atoms with Crippen LogP contribution in [0.25, 0.3) is 0 Å². The van der Waals surface area contributed by atoms with Crippen molar-refractivity contribution in [2.45, 2.75) is 55.7 Å². The van der Waals surface area contributed by atoms with E-state index in [1.807, 2.05) is 0 Å². The monoisotopic (exact) mass is 313 g/mol. The molecule has 2 aliphatic rings. The summed E-state index contributed by atoms with van der Waals surface area (Å²) in [7, 11) is -3.42. The lowest BCUT2D eigenvalue weighted by molar-refractivity contribution is 0.105. The summed E-state index contributed by atoms with van der Waals surface area (Å²) in [5.74, 6) is 0. The van der Waals surface area contributed by atoms with Gasteiger partial charge in [-0.2, -0.15) is 0 Å². The average molecular weight is 313 g/mol. The molecule has 0 bridgehead atoms. The van der Waals surface area contributed by atoms with Crippen molar-refractivity contribution in [3.05, 3.63) is 18.0 Å². The third-order valence-corrected chi connectivity index (χ3v) is 5.41. The molecule has 118 valence electrons. The summed E-state index contributed by atoms with van der Waals surface area (Å²) in [6.07, 6.45) is 7.04. The van der Waals surface area contributed by atoms with Crippen LogP contribution in [0.15, 0.2) is 17.2 Å². The van der Waals surface area contributed by atoms with Gasteiger partial charge in [0.2, 0.25) is 10.0 Å². The van der Waals surface area contributed by atoms with Crippen molar-refractivity contribution < 1.29 is 13.2 Å². The van der Waals surface area contributed by atoms with E-state index in [2.05, 4.69) is 15.0 Å². The van der Waals surface area contributed by atoms with Crippen molar-refractivity contribution in [2.24, 2.45) is 0 Å². The van der Waals surface area contributed by atoms with Gasteiger partial charge in [-0.1, -0.05) is 0 Å². The van der Waals surface area contributed by atoms with Crippen molar-refractivity contribution >= 4 is 10.0 Å². The maximum atomic E-state index is 12.2. The van der Waals surface area contributed by atoms with Crippen LogP contribution in [0, 0.1) is 0 Å². The number of aromatic nitrogens is 1. The Balaban J connectivity index is 1.48. The van der Waals surface area contributed by atoms with Crippen LogP contribution in [0.1, 0.15) is 37.8 Å². The molecule has 2 fully saturated rings. The predicted octanol–water partition coefficient (Wildman–Crippen LogP) is 1.11. The number of hydrogen-bond donors (Lipinski definition) is 3. The fraction of sp³-hybridized carbons (Fsp3) is 0.714. The lowest BCUT2D eigenvalue weighted by Crippen LogP contribution is -2.27. The van der Waals surface area contributed by atoms with Crippen molar-refractivity contribution in [2.75, 3.05) is 13.2 Å². The summed E-state index contributed by atoms with van der Waals surface area (Å²) in [5.41, 5.74) is 0.904. The lowest BCUT2D eigenvalue weighted by Gasteiger charge is -2.09. The first-order chi connectivity index (χ1) is 10.1. The SMILES string of the molecule is O=S(=O)(NCCC1CCCO1)c1c[nH]c(CNC2CC2)c1. The van der Waals surface area contributed by atoms with Crippen LogP contribution >= 0.6 is 0 Å². The Morgan fingerprint density at radius 1 is 1.33 bits per heavy atom. The van der Waals surface area contributed by atoms with E-state index in [0.29, 0.717) is 24.0 Å². The van der Waals surface area contributed by atoms with Crippen LogP contribution in [0.4, 0.5) is 0 Å². The van der Waals surface area contributed by atoms with Gasteiger partial charge in [-0.3, -0.25) is 0 Å². The van der Waals surface area contributed by atoms with Gasteiger partial charge in [0.05, 0.1) is 11.0 Å². The topological polar surface area (TPSA) is 83.2 Å². The van der Waals surface area contributed by atoms with Gasteiger partial charge in [0.15, 0.2) is 0 Å². The van der Waals surface area contributed by atoms with Crippen LogP contribution in [0.2, 0.25) is 0 Å². The van der Waals surface area contributed by atoms with Crippen molar-refractivity contribution in [1.82, 2.24) is 15.0 Å². The number of rotatable bonds is 8. The highest BCUT2D eigenvalue weighted by molar-refractivity contribution is 7.89. The Bertz CT molecular complexity index is 560. The van der Waals surface area contributed by atoms with E-state index in [0.717, 1.165) is 31.6 Å². The number of nitrogens with one attached hydrogen (secondary N) is 3. The fourth-order valence-corrected chi connectivity index (χ4v) is 3.59. The van der Waals surface area contributed by atoms with Crippen molar-refractivity contribution in [3.8, 4) is 0 Å². The molecule has 0 radical (unpaired) electrons. The molecular weight excluding hydrogens is 290 g/mol. The molecule has 1 aliphatic carbocycles. The quantitative estimate of drug-likeness (QED) is 0.671. The Hall–Kier alpha value is -0.890. The molecule has 1 atom stereocenters. The molecule has 1 saturated heterocycles. The summed E-state index contributed by atoms with van der Waals surface area (Å²) in [6.45, 7) is 1.91. The van der Waals surface area contributed by atoms with Crippen LogP contribution in [0.5, 0.6) is 0 Å². The molecule has 3 rings (SSSR count). The van der Waals surface area contributed by atoms with E-state index >= 15 is 0 Å². The highest BCUT2D eigenvalue weighted by Crippen LogP contribution is 2.20. The second-order valence-electron chi connectivity index (χ2n) is 5.84. The summed E-state index contributed by atoms with van der Waals surface area (Å²) in [5, 5.41) is 3.35. The zero-order chi connectivity index (χ0) is 14.7. The second-order valence-corrected chi connectivity index (χ2v) is 7.60. The zero-order valence-corrected chi connectivity index (χ0v) is 12.9. The van der Waals surface area contributed by atoms with Gasteiger partial charge in [-0.15, -0.1) is 0 Å². The molecule has 1 aromatic rings. The Labute approximate surface area is 125 Å². The Morgan fingerprint density at radius 3 is 2.90 bits per heavy atom. The molecule has 0 amide bonds.